The van der Waals surface area contributed by atoms with Gasteiger partial charge < -0.3 is 9.64 Å². The number of fused-ring (bicyclic) bond motifs is 1. The molecule has 0 amide bonds. The summed E-state index contributed by atoms with van der Waals surface area (Å²) in [6.45, 7) is 2.86. The normalized spacial score (nSPS) is 32.1. The molecule has 0 aromatic carbocycles. The molecule has 3 unspecified atom stereocenters. The van der Waals surface area contributed by atoms with Gasteiger partial charge in [-0.05, 0) is 23.9 Å². The molecule has 3 atom stereocenters. The molecule has 1 saturated carbocycles. The molecule has 2 fully saturated rings. The van der Waals surface area contributed by atoms with E-state index in [1.807, 2.05) is 4.90 Å². The number of hydrogen-bond donors (Lipinski definition) is 0. The van der Waals surface area contributed by atoms with Crippen LogP contribution in [0, 0.1) is 11.3 Å². The second kappa shape index (κ2) is 4.21. The van der Waals surface area contributed by atoms with Gasteiger partial charge >= 0.3 is 5.97 Å². The van der Waals surface area contributed by atoms with E-state index in [2.05, 4.69) is 16.9 Å². The molecule has 0 radical (unpaired) electrons. The van der Waals surface area contributed by atoms with E-state index in [9.17, 15) is 4.79 Å². The Morgan fingerprint density at radius 1 is 1.53 bits per heavy atom. The number of nitrogens with zero attached hydrogens (tertiary/aromatic N) is 3. The first-order chi connectivity index (χ1) is 8.95. The van der Waals surface area contributed by atoms with Crippen molar-refractivity contribution < 1.29 is 9.53 Å². The van der Waals surface area contributed by atoms with E-state index >= 15 is 0 Å². The number of aromatic nitrogens is 2. The number of halogens is 2. The lowest BCUT2D eigenvalue weighted by molar-refractivity contribution is -0.143. The first-order valence-corrected chi connectivity index (χ1v) is 6.76. The highest BCUT2D eigenvalue weighted by molar-refractivity contribution is 6.32. The SMILES string of the molecule is COC(=O)C1N(c2cc(Cl)nc(Cl)n2)CC2CC21C. The topological polar surface area (TPSA) is 55.3 Å². The molecular formula is C12H13Cl2N3O2. The molecule has 3 rings (SSSR count). The molecule has 1 aliphatic carbocycles. The fraction of sp³-hybridized carbons (Fsp3) is 0.583. The van der Waals surface area contributed by atoms with Gasteiger partial charge in [-0.15, -0.1) is 0 Å². The van der Waals surface area contributed by atoms with Crippen molar-refractivity contribution in [3.05, 3.63) is 16.5 Å². The molecule has 19 heavy (non-hydrogen) atoms. The number of carbonyl (C=O) groups is 1. The molecule has 1 aromatic heterocycles. The van der Waals surface area contributed by atoms with Crippen LogP contribution in [0.2, 0.25) is 10.4 Å². The number of carbonyl (C=O) groups excluding carboxylic acids is 1. The molecule has 102 valence electrons. The van der Waals surface area contributed by atoms with Gasteiger partial charge in [0.1, 0.15) is 17.0 Å². The number of methoxy groups -OCH3 is 1. The first-order valence-electron chi connectivity index (χ1n) is 6.00. The lowest BCUT2D eigenvalue weighted by Crippen LogP contribution is -2.43. The van der Waals surface area contributed by atoms with Crippen LogP contribution in [-0.2, 0) is 9.53 Å². The van der Waals surface area contributed by atoms with E-state index in [0.717, 1.165) is 13.0 Å². The largest absolute Gasteiger partial charge is 0.467 e. The number of ether oxygens (including phenoxy) is 1. The summed E-state index contributed by atoms with van der Waals surface area (Å²) in [5.74, 6) is 0.825. The maximum atomic E-state index is 12.0. The van der Waals surface area contributed by atoms with E-state index in [1.165, 1.54) is 7.11 Å². The molecule has 1 aromatic rings. The van der Waals surface area contributed by atoms with Gasteiger partial charge in [-0.25, -0.2) is 14.8 Å². The van der Waals surface area contributed by atoms with Crippen LogP contribution in [0.5, 0.6) is 0 Å². The van der Waals surface area contributed by atoms with Gasteiger partial charge in [0.2, 0.25) is 5.28 Å². The van der Waals surface area contributed by atoms with Crippen molar-refractivity contribution >= 4 is 35.0 Å². The fourth-order valence-electron chi connectivity index (χ4n) is 3.04. The second-order valence-corrected chi connectivity index (χ2v) is 6.03. The van der Waals surface area contributed by atoms with Gasteiger partial charge in [0.05, 0.1) is 7.11 Å². The lowest BCUT2D eigenvalue weighted by Gasteiger charge is -2.29. The van der Waals surface area contributed by atoms with E-state index in [4.69, 9.17) is 27.9 Å². The molecule has 5 nitrogen and oxygen atoms in total. The molecule has 0 bridgehead atoms. The van der Waals surface area contributed by atoms with Crippen molar-refractivity contribution in [1.82, 2.24) is 9.97 Å². The lowest BCUT2D eigenvalue weighted by atomic mass is 9.99. The van der Waals surface area contributed by atoms with E-state index in [1.54, 1.807) is 6.07 Å². The zero-order valence-corrected chi connectivity index (χ0v) is 12.1. The Hall–Kier alpha value is -1.07. The summed E-state index contributed by atoms with van der Waals surface area (Å²) in [6.07, 6.45) is 1.04. The zero-order chi connectivity index (χ0) is 13.8. The third-order valence-corrected chi connectivity index (χ3v) is 4.55. The third-order valence-electron chi connectivity index (χ3n) is 4.18. The predicted octanol–water partition coefficient (Wildman–Crippen LogP) is 2.17. The van der Waals surface area contributed by atoms with E-state index in [0.29, 0.717) is 11.7 Å². The van der Waals surface area contributed by atoms with Gasteiger partial charge in [-0.1, -0.05) is 18.5 Å². The Balaban J connectivity index is 1.98. The molecule has 0 N–H and O–H groups in total. The van der Waals surface area contributed by atoms with Crippen LogP contribution in [-0.4, -0.2) is 35.6 Å². The number of esters is 1. The maximum Gasteiger partial charge on any atom is 0.329 e. The van der Waals surface area contributed by atoms with Crippen LogP contribution >= 0.6 is 23.2 Å². The summed E-state index contributed by atoms with van der Waals surface area (Å²) in [5, 5.41) is 0.348. The Morgan fingerprint density at radius 2 is 2.26 bits per heavy atom. The predicted molar refractivity (Wildman–Crippen MR) is 71.4 cm³/mol. The Bertz CT molecular complexity index is 534. The van der Waals surface area contributed by atoms with Crippen LogP contribution in [0.4, 0.5) is 5.82 Å². The number of anilines is 1. The Labute approximate surface area is 120 Å². The number of rotatable bonds is 2. The average Bonchev–Trinajstić information content (AvgIpc) is 2.89. The van der Waals surface area contributed by atoms with E-state index in [-0.39, 0.29) is 27.9 Å². The molecule has 2 aliphatic rings. The van der Waals surface area contributed by atoms with Crippen LogP contribution in [0.15, 0.2) is 6.07 Å². The summed E-state index contributed by atoms with van der Waals surface area (Å²) in [5.41, 5.74) is -0.0308. The molecule has 2 heterocycles. The first kappa shape index (κ1) is 12.9. The molecule has 1 saturated heterocycles. The van der Waals surface area contributed by atoms with Gasteiger partial charge in [0, 0.05) is 18.0 Å². The summed E-state index contributed by atoms with van der Waals surface area (Å²) in [4.78, 5) is 21.9. The van der Waals surface area contributed by atoms with Crippen LogP contribution in [0.1, 0.15) is 13.3 Å². The van der Waals surface area contributed by atoms with Gasteiger partial charge in [-0.2, -0.15) is 0 Å². The molecule has 7 heteroatoms. The number of piperidine rings is 1. The minimum atomic E-state index is -0.329. The minimum absolute atomic E-state index is 0.0308. The molecule has 0 spiro atoms. The highest BCUT2D eigenvalue weighted by Gasteiger charge is 2.66. The van der Waals surface area contributed by atoms with Crippen molar-refractivity contribution in [2.75, 3.05) is 18.6 Å². The third kappa shape index (κ3) is 1.96. The van der Waals surface area contributed by atoms with Crippen molar-refractivity contribution in [1.29, 1.82) is 0 Å². The molecule has 1 aliphatic heterocycles. The Kier molecular flexibility index (Phi) is 2.87. The van der Waals surface area contributed by atoms with Crippen molar-refractivity contribution in [3.63, 3.8) is 0 Å². The van der Waals surface area contributed by atoms with Crippen molar-refractivity contribution in [3.8, 4) is 0 Å². The van der Waals surface area contributed by atoms with Crippen molar-refractivity contribution in [2.24, 2.45) is 11.3 Å². The van der Waals surface area contributed by atoms with Crippen molar-refractivity contribution in [2.45, 2.75) is 19.4 Å². The van der Waals surface area contributed by atoms with Gasteiger partial charge in [0.25, 0.3) is 0 Å². The Morgan fingerprint density at radius 3 is 2.89 bits per heavy atom. The quantitative estimate of drug-likeness (QED) is 0.476. The summed E-state index contributed by atoms with van der Waals surface area (Å²) < 4.78 is 4.92. The average molecular weight is 302 g/mol. The molecular weight excluding hydrogens is 289 g/mol. The summed E-state index contributed by atoms with van der Waals surface area (Å²) in [6, 6.07) is 1.29. The monoisotopic (exact) mass is 301 g/mol. The van der Waals surface area contributed by atoms with Crippen LogP contribution in [0.25, 0.3) is 0 Å². The van der Waals surface area contributed by atoms with Gasteiger partial charge in [-0.3, -0.25) is 0 Å². The summed E-state index contributed by atoms with van der Waals surface area (Å²) >= 11 is 11.7. The maximum absolute atomic E-state index is 12.0. The van der Waals surface area contributed by atoms with Crippen LogP contribution < -0.4 is 4.90 Å². The highest BCUT2D eigenvalue weighted by Crippen LogP contribution is 2.61. The van der Waals surface area contributed by atoms with E-state index < -0.39 is 0 Å². The standard InChI is InChI=1S/C12H13Cl2N3O2/c1-12-4-6(12)5-17(9(12)10(18)19-2)8-3-7(13)15-11(14)16-8/h3,6,9H,4-5H2,1-2H3. The zero-order valence-electron chi connectivity index (χ0n) is 10.6. The van der Waals surface area contributed by atoms with Gasteiger partial charge in [0.15, 0.2) is 0 Å². The van der Waals surface area contributed by atoms with Crippen LogP contribution in [0.3, 0.4) is 0 Å². The highest BCUT2D eigenvalue weighted by atomic mass is 35.5. The minimum Gasteiger partial charge on any atom is -0.467 e. The second-order valence-electron chi connectivity index (χ2n) is 5.30. The smallest absolute Gasteiger partial charge is 0.329 e. The number of hydrogen-bond acceptors (Lipinski definition) is 5. The summed E-state index contributed by atoms with van der Waals surface area (Å²) in [7, 11) is 1.40. The fourth-order valence-corrected chi connectivity index (χ4v) is 3.44.